The highest BCUT2D eigenvalue weighted by Crippen LogP contribution is 2.26. The number of ether oxygens (including phenoxy) is 1. The number of pyridine rings is 1. The number of aromatic nitrogens is 1. The van der Waals surface area contributed by atoms with Crippen molar-refractivity contribution in [1.82, 2.24) is 9.88 Å². The van der Waals surface area contributed by atoms with Crippen LogP contribution in [-0.4, -0.2) is 42.1 Å². The third-order valence-electron chi connectivity index (χ3n) is 4.45. The Hall–Kier alpha value is -2.43. The Labute approximate surface area is 151 Å². The van der Waals surface area contributed by atoms with Gasteiger partial charge >= 0.3 is 0 Å². The molecule has 1 amide bonds. The highest BCUT2D eigenvalue weighted by Gasteiger charge is 2.18. The Bertz CT molecular complexity index is 919. The van der Waals surface area contributed by atoms with Crippen molar-refractivity contribution in [3.8, 4) is 11.1 Å². The van der Waals surface area contributed by atoms with Crippen molar-refractivity contribution in [1.29, 1.82) is 0 Å². The molecule has 1 aromatic heterocycles. The minimum absolute atomic E-state index is 0.0613. The van der Waals surface area contributed by atoms with Crippen LogP contribution in [0.15, 0.2) is 54.7 Å². The van der Waals surface area contributed by atoms with Crippen LogP contribution < -0.4 is 0 Å². The molecule has 3 aromatic rings. The van der Waals surface area contributed by atoms with E-state index in [1.54, 1.807) is 6.20 Å². The van der Waals surface area contributed by atoms with E-state index in [0.29, 0.717) is 37.0 Å². The summed E-state index contributed by atoms with van der Waals surface area (Å²) in [5.74, 6) is 0.0613. The minimum Gasteiger partial charge on any atom is -0.378 e. The number of carbonyl (C=O) groups is 1. The zero-order chi connectivity index (χ0) is 17.2. The van der Waals surface area contributed by atoms with Gasteiger partial charge in [0.1, 0.15) is 5.15 Å². The number of amides is 1. The second kappa shape index (κ2) is 6.82. The second-order valence-electron chi connectivity index (χ2n) is 6.05. The van der Waals surface area contributed by atoms with E-state index in [-0.39, 0.29) is 5.91 Å². The summed E-state index contributed by atoms with van der Waals surface area (Å²) in [5, 5.41) is 2.58. The van der Waals surface area contributed by atoms with Crippen molar-refractivity contribution in [2.24, 2.45) is 0 Å². The molecule has 0 radical (unpaired) electrons. The summed E-state index contributed by atoms with van der Waals surface area (Å²) in [7, 11) is 0. The molecule has 1 saturated heterocycles. The number of hydrogen-bond donors (Lipinski definition) is 0. The molecule has 2 aromatic carbocycles. The minimum atomic E-state index is 0.0613. The lowest BCUT2D eigenvalue weighted by molar-refractivity contribution is 0.0303. The van der Waals surface area contributed by atoms with Gasteiger partial charge in [0.25, 0.3) is 5.91 Å². The normalized spacial score (nSPS) is 14.7. The predicted molar refractivity (Wildman–Crippen MR) is 98.9 cm³/mol. The summed E-state index contributed by atoms with van der Waals surface area (Å²) in [6.07, 6.45) is 1.77. The number of halogens is 1. The largest absolute Gasteiger partial charge is 0.378 e. The van der Waals surface area contributed by atoms with Crippen LogP contribution in [0.3, 0.4) is 0 Å². The molecule has 0 N–H and O–H groups in total. The molecule has 4 nitrogen and oxygen atoms in total. The van der Waals surface area contributed by atoms with Crippen LogP contribution in [0.25, 0.3) is 21.9 Å². The van der Waals surface area contributed by atoms with Gasteiger partial charge in [-0.15, -0.1) is 0 Å². The Kier molecular flexibility index (Phi) is 4.38. The SMILES string of the molecule is O=C(c1ccc(-c2ccc3cnc(Cl)cc3c2)cc1)N1CCOCC1. The van der Waals surface area contributed by atoms with Crippen LogP contribution in [0.5, 0.6) is 0 Å². The van der Waals surface area contributed by atoms with Crippen molar-refractivity contribution < 1.29 is 9.53 Å². The fraction of sp³-hybridized carbons (Fsp3) is 0.200. The molecule has 0 unspecified atom stereocenters. The zero-order valence-corrected chi connectivity index (χ0v) is 14.4. The van der Waals surface area contributed by atoms with E-state index < -0.39 is 0 Å². The van der Waals surface area contributed by atoms with E-state index >= 15 is 0 Å². The number of nitrogens with zero attached hydrogens (tertiary/aromatic N) is 2. The molecule has 2 heterocycles. The monoisotopic (exact) mass is 352 g/mol. The van der Waals surface area contributed by atoms with Gasteiger partial charge in [0.05, 0.1) is 13.2 Å². The maximum Gasteiger partial charge on any atom is 0.254 e. The standard InChI is InChI=1S/C20H17ClN2O2/c21-19-12-18-11-16(5-6-17(18)13-22-19)14-1-3-15(4-2-14)20(24)23-7-9-25-10-8-23/h1-6,11-13H,7-10H2. The van der Waals surface area contributed by atoms with Crippen LogP contribution in [-0.2, 0) is 4.74 Å². The van der Waals surface area contributed by atoms with Crippen molar-refractivity contribution in [3.05, 3.63) is 65.4 Å². The summed E-state index contributed by atoms with van der Waals surface area (Å²) in [5.41, 5.74) is 2.85. The molecule has 126 valence electrons. The van der Waals surface area contributed by atoms with E-state index in [4.69, 9.17) is 16.3 Å². The van der Waals surface area contributed by atoms with Gasteiger partial charge in [0, 0.05) is 30.2 Å². The maximum absolute atomic E-state index is 12.5. The predicted octanol–water partition coefficient (Wildman–Crippen LogP) is 4.03. The molecule has 1 aliphatic heterocycles. The first-order valence-corrected chi connectivity index (χ1v) is 8.61. The molecular weight excluding hydrogens is 336 g/mol. The molecule has 1 aliphatic rings. The second-order valence-corrected chi connectivity index (χ2v) is 6.44. The molecule has 5 heteroatoms. The van der Waals surface area contributed by atoms with Crippen LogP contribution in [0.2, 0.25) is 5.15 Å². The molecule has 0 aliphatic carbocycles. The zero-order valence-electron chi connectivity index (χ0n) is 13.6. The first-order chi connectivity index (χ1) is 12.2. The number of benzene rings is 2. The number of hydrogen-bond acceptors (Lipinski definition) is 3. The molecule has 0 spiro atoms. The smallest absolute Gasteiger partial charge is 0.254 e. The number of rotatable bonds is 2. The molecule has 25 heavy (non-hydrogen) atoms. The Balaban J connectivity index is 1.60. The van der Waals surface area contributed by atoms with E-state index in [9.17, 15) is 4.79 Å². The highest BCUT2D eigenvalue weighted by atomic mass is 35.5. The van der Waals surface area contributed by atoms with E-state index in [1.807, 2.05) is 41.3 Å². The topological polar surface area (TPSA) is 42.4 Å². The average Bonchev–Trinajstić information content (AvgIpc) is 2.67. The summed E-state index contributed by atoms with van der Waals surface area (Å²) in [6.45, 7) is 2.52. The van der Waals surface area contributed by atoms with Gasteiger partial charge in [-0.3, -0.25) is 4.79 Å². The average molecular weight is 353 g/mol. The van der Waals surface area contributed by atoms with Crippen molar-refractivity contribution in [2.75, 3.05) is 26.3 Å². The lowest BCUT2D eigenvalue weighted by Crippen LogP contribution is -2.40. The molecule has 0 atom stereocenters. The lowest BCUT2D eigenvalue weighted by atomic mass is 10.0. The first-order valence-electron chi connectivity index (χ1n) is 8.23. The van der Waals surface area contributed by atoms with Crippen LogP contribution >= 0.6 is 11.6 Å². The molecule has 0 saturated carbocycles. The molecular formula is C20H17ClN2O2. The van der Waals surface area contributed by atoms with E-state index in [2.05, 4.69) is 17.1 Å². The summed E-state index contributed by atoms with van der Waals surface area (Å²) in [4.78, 5) is 18.4. The van der Waals surface area contributed by atoms with Crippen molar-refractivity contribution in [2.45, 2.75) is 0 Å². The van der Waals surface area contributed by atoms with Gasteiger partial charge in [0.15, 0.2) is 0 Å². The van der Waals surface area contributed by atoms with Crippen molar-refractivity contribution >= 4 is 28.3 Å². The van der Waals surface area contributed by atoms with Crippen LogP contribution in [0.4, 0.5) is 0 Å². The van der Waals surface area contributed by atoms with E-state index in [0.717, 1.165) is 21.9 Å². The van der Waals surface area contributed by atoms with E-state index in [1.165, 1.54) is 0 Å². The maximum atomic E-state index is 12.5. The van der Waals surface area contributed by atoms with Gasteiger partial charge in [-0.25, -0.2) is 4.98 Å². The quantitative estimate of drug-likeness (QED) is 0.654. The number of morpholine rings is 1. The fourth-order valence-corrected chi connectivity index (χ4v) is 3.21. The Morgan fingerprint density at radius 2 is 1.68 bits per heavy atom. The number of fused-ring (bicyclic) bond motifs is 1. The Morgan fingerprint density at radius 1 is 0.960 bits per heavy atom. The Morgan fingerprint density at radius 3 is 2.44 bits per heavy atom. The van der Waals surface area contributed by atoms with Gasteiger partial charge in [-0.2, -0.15) is 0 Å². The van der Waals surface area contributed by atoms with Gasteiger partial charge in [0.2, 0.25) is 0 Å². The number of carbonyl (C=O) groups excluding carboxylic acids is 1. The van der Waals surface area contributed by atoms with Crippen LogP contribution in [0, 0.1) is 0 Å². The summed E-state index contributed by atoms with van der Waals surface area (Å²) < 4.78 is 5.30. The summed E-state index contributed by atoms with van der Waals surface area (Å²) >= 11 is 5.98. The van der Waals surface area contributed by atoms with Gasteiger partial charge in [-0.1, -0.05) is 35.9 Å². The summed E-state index contributed by atoms with van der Waals surface area (Å²) in [6, 6.07) is 15.8. The van der Waals surface area contributed by atoms with Gasteiger partial charge in [-0.05, 0) is 40.8 Å². The molecule has 4 rings (SSSR count). The molecule has 1 fully saturated rings. The first kappa shape index (κ1) is 16.1. The third-order valence-corrected chi connectivity index (χ3v) is 4.66. The highest BCUT2D eigenvalue weighted by molar-refractivity contribution is 6.30. The molecule has 0 bridgehead atoms. The lowest BCUT2D eigenvalue weighted by Gasteiger charge is -2.26. The van der Waals surface area contributed by atoms with Crippen molar-refractivity contribution in [3.63, 3.8) is 0 Å². The van der Waals surface area contributed by atoms with Crippen LogP contribution in [0.1, 0.15) is 10.4 Å². The van der Waals surface area contributed by atoms with Gasteiger partial charge < -0.3 is 9.64 Å². The fourth-order valence-electron chi connectivity index (χ4n) is 3.05. The third kappa shape index (κ3) is 3.36.